The van der Waals surface area contributed by atoms with Gasteiger partial charge in [-0.3, -0.25) is 0 Å². The van der Waals surface area contributed by atoms with E-state index in [0.717, 1.165) is 48.2 Å². The molecule has 1 saturated carbocycles. The predicted molar refractivity (Wildman–Crippen MR) is 107 cm³/mol. The molecule has 4 heteroatoms. The third-order valence-corrected chi connectivity index (χ3v) is 6.67. The van der Waals surface area contributed by atoms with Crippen LogP contribution in [0.3, 0.4) is 0 Å². The maximum absolute atomic E-state index is 13.3. The van der Waals surface area contributed by atoms with E-state index in [1.54, 1.807) is 12.1 Å². The van der Waals surface area contributed by atoms with Crippen molar-refractivity contribution in [2.75, 3.05) is 0 Å². The second kappa shape index (κ2) is 6.14. The molecule has 0 spiro atoms. The van der Waals surface area contributed by atoms with Crippen molar-refractivity contribution in [3.63, 3.8) is 0 Å². The Balaban J connectivity index is 1.62. The van der Waals surface area contributed by atoms with Crippen molar-refractivity contribution >= 4 is 6.08 Å². The van der Waals surface area contributed by atoms with Crippen LogP contribution < -0.4 is 0 Å². The van der Waals surface area contributed by atoms with Crippen LogP contribution in [-0.4, -0.2) is 14.9 Å². The highest BCUT2D eigenvalue weighted by Crippen LogP contribution is 2.57. The third kappa shape index (κ3) is 2.41. The Bertz CT molecular complexity index is 1050. The molecule has 28 heavy (non-hydrogen) atoms. The zero-order chi connectivity index (χ0) is 19.4. The number of hydrogen-bond acceptors (Lipinski definition) is 2. The molecular weight excluding hydrogens is 351 g/mol. The minimum Gasteiger partial charge on any atom is -0.384 e. The Labute approximate surface area is 164 Å². The summed E-state index contributed by atoms with van der Waals surface area (Å²) in [5.74, 6) is -0.254. The van der Waals surface area contributed by atoms with Crippen molar-refractivity contribution in [2.24, 2.45) is 5.41 Å². The molecular formula is C24H23FN2O. The van der Waals surface area contributed by atoms with Crippen LogP contribution in [0, 0.1) is 11.2 Å². The topological polar surface area (TPSA) is 38.0 Å². The van der Waals surface area contributed by atoms with Crippen LogP contribution in [0.25, 0.3) is 11.8 Å². The summed E-state index contributed by atoms with van der Waals surface area (Å²) in [5.41, 5.74) is 3.99. The highest BCUT2D eigenvalue weighted by atomic mass is 19.1. The van der Waals surface area contributed by atoms with Gasteiger partial charge in [0.05, 0.1) is 23.2 Å². The van der Waals surface area contributed by atoms with Crippen LogP contribution in [0.15, 0.2) is 66.4 Å². The molecule has 1 fully saturated rings. The molecule has 0 aliphatic heterocycles. The van der Waals surface area contributed by atoms with Crippen molar-refractivity contribution in [1.29, 1.82) is 0 Å². The Kier molecular flexibility index (Phi) is 3.81. The summed E-state index contributed by atoms with van der Waals surface area (Å²) in [6.45, 7) is 2.18. The number of halogens is 1. The minimum absolute atomic E-state index is 0.254. The van der Waals surface area contributed by atoms with Gasteiger partial charge < -0.3 is 5.11 Å². The first-order chi connectivity index (χ1) is 13.5. The fourth-order valence-corrected chi connectivity index (χ4v) is 5.04. The average molecular weight is 374 g/mol. The summed E-state index contributed by atoms with van der Waals surface area (Å²) >= 11 is 0. The molecule has 0 bridgehead atoms. The first-order valence-electron chi connectivity index (χ1n) is 9.83. The first-order valence-corrected chi connectivity index (χ1v) is 9.83. The lowest BCUT2D eigenvalue weighted by Gasteiger charge is -2.52. The van der Waals surface area contributed by atoms with Crippen molar-refractivity contribution < 1.29 is 9.50 Å². The average Bonchev–Trinajstić information content (AvgIpc) is 3.11. The molecule has 2 aliphatic carbocycles. The number of hydrogen-bond donors (Lipinski definition) is 1. The highest BCUT2D eigenvalue weighted by Gasteiger charge is 2.53. The maximum Gasteiger partial charge on any atom is 0.123 e. The lowest BCUT2D eigenvalue weighted by Crippen LogP contribution is -2.50. The zero-order valence-corrected chi connectivity index (χ0v) is 15.9. The largest absolute Gasteiger partial charge is 0.384 e. The monoisotopic (exact) mass is 374 g/mol. The molecule has 3 aromatic rings. The summed E-state index contributed by atoms with van der Waals surface area (Å²) in [5, 5.41) is 16.4. The summed E-state index contributed by atoms with van der Waals surface area (Å²) in [7, 11) is 0. The number of benzene rings is 2. The highest BCUT2D eigenvalue weighted by molar-refractivity contribution is 5.62. The molecule has 1 aromatic heterocycles. The van der Waals surface area contributed by atoms with Crippen molar-refractivity contribution in [1.82, 2.24) is 9.78 Å². The fourth-order valence-electron chi connectivity index (χ4n) is 5.04. The molecule has 0 saturated heterocycles. The van der Waals surface area contributed by atoms with Crippen LogP contribution >= 0.6 is 0 Å². The van der Waals surface area contributed by atoms with E-state index in [4.69, 9.17) is 0 Å². The summed E-state index contributed by atoms with van der Waals surface area (Å²) in [6.07, 6.45) is 7.50. The van der Waals surface area contributed by atoms with Crippen LogP contribution in [0.1, 0.15) is 43.0 Å². The lowest BCUT2D eigenvalue weighted by atomic mass is 9.55. The van der Waals surface area contributed by atoms with Gasteiger partial charge in [0.15, 0.2) is 0 Å². The van der Waals surface area contributed by atoms with E-state index in [9.17, 15) is 9.50 Å². The van der Waals surface area contributed by atoms with Gasteiger partial charge in [0.1, 0.15) is 5.82 Å². The van der Waals surface area contributed by atoms with Gasteiger partial charge in [0.2, 0.25) is 0 Å². The van der Waals surface area contributed by atoms with E-state index in [0.29, 0.717) is 0 Å². The molecule has 2 aromatic carbocycles. The van der Waals surface area contributed by atoms with Crippen LogP contribution in [0.2, 0.25) is 0 Å². The van der Waals surface area contributed by atoms with Gasteiger partial charge in [-0.25, -0.2) is 9.07 Å². The number of aromatic nitrogens is 2. The SMILES string of the molecule is C[C@]12Cc3cnn(-c4ccc(F)cc4)c3C=C1CCC[C@@]2(O)c1ccccc1. The Morgan fingerprint density at radius 1 is 1.07 bits per heavy atom. The number of nitrogens with zero attached hydrogens (tertiary/aromatic N) is 2. The Hall–Kier alpha value is -2.72. The summed E-state index contributed by atoms with van der Waals surface area (Å²) < 4.78 is 15.2. The van der Waals surface area contributed by atoms with Crippen molar-refractivity contribution in [3.05, 3.63) is 89.0 Å². The zero-order valence-electron chi connectivity index (χ0n) is 15.9. The van der Waals surface area contributed by atoms with Gasteiger partial charge in [0.25, 0.3) is 0 Å². The van der Waals surface area contributed by atoms with E-state index >= 15 is 0 Å². The van der Waals surface area contributed by atoms with Gasteiger partial charge in [-0.05, 0) is 67.2 Å². The number of fused-ring (bicyclic) bond motifs is 2. The van der Waals surface area contributed by atoms with Crippen LogP contribution in [0.5, 0.6) is 0 Å². The standard InChI is InChI=1S/C24H23FN2O/c1-23-15-17-16-26-27(21-11-9-20(25)10-12-21)22(17)14-19(23)8-5-13-24(23,28)18-6-3-2-4-7-18/h2-4,6-7,9-12,14,16,28H,5,8,13,15H2,1H3/t23-,24+/m0/s1. The van der Waals surface area contributed by atoms with Crippen LogP contribution in [0.4, 0.5) is 4.39 Å². The smallest absolute Gasteiger partial charge is 0.123 e. The van der Waals surface area contributed by atoms with Gasteiger partial charge in [-0.2, -0.15) is 5.10 Å². The van der Waals surface area contributed by atoms with E-state index < -0.39 is 5.60 Å². The summed E-state index contributed by atoms with van der Waals surface area (Å²) in [6, 6.07) is 16.4. The summed E-state index contributed by atoms with van der Waals surface area (Å²) in [4.78, 5) is 0. The Morgan fingerprint density at radius 2 is 1.82 bits per heavy atom. The quantitative estimate of drug-likeness (QED) is 0.683. The van der Waals surface area contributed by atoms with Crippen LogP contribution in [-0.2, 0) is 12.0 Å². The maximum atomic E-state index is 13.3. The molecule has 1 heterocycles. The number of rotatable bonds is 2. The van der Waals surface area contributed by atoms with Crippen molar-refractivity contribution in [3.8, 4) is 5.69 Å². The molecule has 1 N–H and O–H groups in total. The molecule has 0 radical (unpaired) electrons. The second-order valence-corrected chi connectivity index (χ2v) is 8.20. The van der Waals surface area contributed by atoms with Gasteiger partial charge in [0, 0.05) is 5.41 Å². The predicted octanol–water partition coefficient (Wildman–Crippen LogP) is 5.03. The fraction of sp³-hybridized carbons (Fsp3) is 0.292. The molecule has 2 atom stereocenters. The van der Waals surface area contributed by atoms with Gasteiger partial charge >= 0.3 is 0 Å². The molecule has 3 nitrogen and oxygen atoms in total. The van der Waals surface area contributed by atoms with Crippen molar-refractivity contribution in [2.45, 2.75) is 38.2 Å². The van der Waals surface area contributed by atoms with Gasteiger partial charge in [-0.1, -0.05) is 42.8 Å². The van der Waals surface area contributed by atoms with E-state index in [2.05, 4.69) is 18.1 Å². The van der Waals surface area contributed by atoms with Gasteiger partial charge in [-0.15, -0.1) is 0 Å². The molecule has 5 rings (SSSR count). The second-order valence-electron chi connectivity index (χ2n) is 8.20. The molecule has 0 unspecified atom stereocenters. The van der Waals surface area contributed by atoms with E-state index in [-0.39, 0.29) is 11.2 Å². The molecule has 0 amide bonds. The minimum atomic E-state index is -0.895. The normalized spacial score (nSPS) is 26.3. The Morgan fingerprint density at radius 3 is 2.57 bits per heavy atom. The van der Waals surface area contributed by atoms with E-state index in [1.165, 1.54) is 17.7 Å². The number of aliphatic hydroxyl groups is 1. The van der Waals surface area contributed by atoms with E-state index in [1.807, 2.05) is 41.2 Å². The first kappa shape index (κ1) is 17.4. The third-order valence-electron chi connectivity index (χ3n) is 6.67. The lowest BCUT2D eigenvalue weighted by molar-refractivity contribution is -0.0854. The molecule has 2 aliphatic rings. The molecule has 142 valence electrons.